The van der Waals surface area contributed by atoms with Crippen molar-refractivity contribution in [3.63, 3.8) is 0 Å². The fraction of sp³-hybridized carbons (Fsp3) is 0.462. The highest BCUT2D eigenvalue weighted by Gasteiger charge is 2.03. The van der Waals surface area contributed by atoms with Crippen molar-refractivity contribution in [1.29, 1.82) is 0 Å². The van der Waals surface area contributed by atoms with Gasteiger partial charge in [0, 0.05) is 25.9 Å². The normalized spacial score (nSPS) is 9.58. The molecule has 1 amide bonds. The van der Waals surface area contributed by atoms with Crippen molar-refractivity contribution in [2.45, 2.75) is 6.54 Å². The van der Waals surface area contributed by atoms with Crippen molar-refractivity contribution < 1.29 is 9.53 Å². The molecule has 3 N–H and O–H groups in total. The third kappa shape index (κ3) is 7.00. The summed E-state index contributed by atoms with van der Waals surface area (Å²) < 4.78 is 4.99. The number of anilines is 1. The predicted molar refractivity (Wildman–Crippen MR) is 79.8 cm³/mol. The van der Waals surface area contributed by atoms with Gasteiger partial charge in [0.15, 0.2) is 0 Å². The van der Waals surface area contributed by atoms with Gasteiger partial charge in [-0.2, -0.15) is 0 Å². The molecule has 5 nitrogen and oxygen atoms in total. The molecule has 0 aliphatic carbocycles. The molecule has 0 unspecified atom stereocenters. The van der Waals surface area contributed by atoms with Gasteiger partial charge in [-0.05, 0) is 18.7 Å². The quantitative estimate of drug-likeness (QED) is 0.624. The first-order valence-electron chi connectivity index (χ1n) is 6.00. The summed E-state index contributed by atoms with van der Waals surface area (Å²) in [7, 11) is 3.42. The van der Waals surface area contributed by atoms with E-state index in [0.29, 0.717) is 19.7 Å². The molecule has 0 saturated carbocycles. The number of methoxy groups -OCH3 is 1. The van der Waals surface area contributed by atoms with E-state index in [2.05, 4.69) is 16.0 Å². The van der Waals surface area contributed by atoms with Crippen molar-refractivity contribution in [1.82, 2.24) is 10.6 Å². The molecule has 0 bridgehead atoms. The number of amides is 1. The summed E-state index contributed by atoms with van der Waals surface area (Å²) in [5, 5.41) is 8.95. The van der Waals surface area contributed by atoms with Gasteiger partial charge >= 0.3 is 0 Å². The monoisotopic (exact) mass is 287 g/mol. The van der Waals surface area contributed by atoms with Gasteiger partial charge in [0.25, 0.3) is 0 Å². The Balaban J connectivity index is 0.00000324. The second-order valence-corrected chi connectivity index (χ2v) is 3.88. The van der Waals surface area contributed by atoms with Gasteiger partial charge in [-0.25, -0.2) is 0 Å². The Bertz CT molecular complexity index is 375. The van der Waals surface area contributed by atoms with Crippen molar-refractivity contribution >= 4 is 24.0 Å². The van der Waals surface area contributed by atoms with Gasteiger partial charge in [0.05, 0.1) is 13.2 Å². The predicted octanol–water partition coefficient (Wildman–Crippen LogP) is 1.00. The van der Waals surface area contributed by atoms with E-state index in [1.165, 1.54) is 0 Å². The molecular weight excluding hydrogens is 266 g/mol. The molecule has 0 saturated heterocycles. The molecule has 6 heteroatoms. The number of para-hydroxylation sites is 1. The Kier molecular flexibility index (Phi) is 9.88. The fourth-order valence-corrected chi connectivity index (χ4v) is 1.55. The van der Waals surface area contributed by atoms with E-state index in [9.17, 15) is 4.79 Å². The van der Waals surface area contributed by atoms with Crippen LogP contribution < -0.4 is 16.0 Å². The first-order valence-corrected chi connectivity index (χ1v) is 6.00. The number of ether oxygens (including phenoxy) is 1. The maximum atomic E-state index is 11.4. The maximum Gasteiger partial charge on any atom is 0.234 e. The summed E-state index contributed by atoms with van der Waals surface area (Å²) >= 11 is 0. The van der Waals surface area contributed by atoms with Gasteiger partial charge in [0.2, 0.25) is 5.91 Å². The Morgan fingerprint density at radius 3 is 2.74 bits per heavy atom. The summed E-state index contributed by atoms with van der Waals surface area (Å²) in [5.41, 5.74) is 2.09. The molecule has 0 atom stereocenters. The molecule has 0 spiro atoms. The molecule has 1 aromatic rings. The van der Waals surface area contributed by atoms with Crippen LogP contribution in [0.2, 0.25) is 0 Å². The van der Waals surface area contributed by atoms with Crippen molar-refractivity contribution in [3.8, 4) is 0 Å². The Hall–Kier alpha value is -1.30. The summed E-state index contributed by atoms with van der Waals surface area (Å²) in [6.07, 6.45) is 0. The van der Waals surface area contributed by atoms with E-state index in [-0.39, 0.29) is 18.3 Å². The van der Waals surface area contributed by atoms with Crippen LogP contribution in [-0.2, 0) is 16.1 Å². The molecule has 19 heavy (non-hydrogen) atoms. The summed E-state index contributed by atoms with van der Waals surface area (Å²) in [5.74, 6) is -0.0100. The fourth-order valence-electron chi connectivity index (χ4n) is 1.55. The maximum absolute atomic E-state index is 11.4. The van der Waals surface area contributed by atoms with Crippen LogP contribution >= 0.6 is 12.4 Å². The number of carbonyl (C=O) groups is 1. The second kappa shape index (κ2) is 10.6. The topological polar surface area (TPSA) is 62.4 Å². The standard InChI is InChI=1S/C13H21N3O2.ClH/c1-14-10-13(17)16-9-11-5-3-4-6-12(11)15-7-8-18-2;/h3-6,14-15H,7-10H2,1-2H3,(H,16,17);1H. The Labute approximate surface area is 120 Å². The van der Waals surface area contributed by atoms with Gasteiger partial charge in [-0.3, -0.25) is 4.79 Å². The molecule has 108 valence electrons. The molecule has 0 radical (unpaired) electrons. The van der Waals surface area contributed by atoms with Crippen LogP contribution in [0.3, 0.4) is 0 Å². The van der Waals surface area contributed by atoms with Crippen LogP contribution in [0, 0.1) is 0 Å². The third-order valence-corrected chi connectivity index (χ3v) is 2.45. The minimum Gasteiger partial charge on any atom is -0.383 e. The highest BCUT2D eigenvalue weighted by molar-refractivity contribution is 5.85. The second-order valence-electron chi connectivity index (χ2n) is 3.88. The smallest absolute Gasteiger partial charge is 0.234 e. The van der Waals surface area contributed by atoms with Crippen LogP contribution in [0.5, 0.6) is 0 Å². The number of likely N-dealkylation sites (N-methyl/N-ethyl adjacent to an activating group) is 1. The zero-order chi connectivity index (χ0) is 13.2. The van der Waals surface area contributed by atoms with Crippen molar-refractivity contribution in [2.24, 2.45) is 0 Å². The molecular formula is C13H22ClN3O2. The lowest BCUT2D eigenvalue weighted by atomic mass is 10.1. The van der Waals surface area contributed by atoms with Crippen LogP contribution in [0.1, 0.15) is 5.56 Å². The van der Waals surface area contributed by atoms with Crippen molar-refractivity contribution in [3.05, 3.63) is 29.8 Å². The van der Waals surface area contributed by atoms with E-state index in [1.54, 1.807) is 14.2 Å². The van der Waals surface area contributed by atoms with E-state index in [4.69, 9.17) is 4.74 Å². The number of rotatable bonds is 8. The van der Waals surface area contributed by atoms with Gasteiger partial charge in [-0.15, -0.1) is 12.4 Å². The zero-order valence-electron chi connectivity index (χ0n) is 11.4. The van der Waals surface area contributed by atoms with Crippen LogP contribution in [0.4, 0.5) is 5.69 Å². The van der Waals surface area contributed by atoms with Crippen LogP contribution in [-0.4, -0.2) is 39.8 Å². The number of benzene rings is 1. The lowest BCUT2D eigenvalue weighted by molar-refractivity contribution is -0.120. The van der Waals surface area contributed by atoms with Gasteiger partial charge < -0.3 is 20.7 Å². The highest BCUT2D eigenvalue weighted by atomic mass is 35.5. The van der Waals surface area contributed by atoms with Crippen molar-refractivity contribution in [2.75, 3.05) is 39.2 Å². The molecule has 0 fully saturated rings. The molecule has 1 rings (SSSR count). The third-order valence-electron chi connectivity index (χ3n) is 2.45. The minimum atomic E-state index is -0.0100. The van der Waals surface area contributed by atoms with Crippen LogP contribution in [0.25, 0.3) is 0 Å². The van der Waals surface area contributed by atoms with E-state index in [0.717, 1.165) is 17.8 Å². The lowest BCUT2D eigenvalue weighted by Gasteiger charge is -2.12. The van der Waals surface area contributed by atoms with E-state index < -0.39 is 0 Å². The number of nitrogens with one attached hydrogen (secondary N) is 3. The van der Waals surface area contributed by atoms with Crippen LogP contribution in [0.15, 0.2) is 24.3 Å². The first kappa shape index (κ1) is 17.7. The largest absolute Gasteiger partial charge is 0.383 e. The molecule has 0 heterocycles. The first-order chi connectivity index (χ1) is 8.77. The molecule has 0 aliphatic heterocycles. The average Bonchev–Trinajstić information content (AvgIpc) is 2.38. The van der Waals surface area contributed by atoms with E-state index in [1.807, 2.05) is 24.3 Å². The number of hydrogen-bond donors (Lipinski definition) is 3. The average molecular weight is 288 g/mol. The van der Waals surface area contributed by atoms with E-state index >= 15 is 0 Å². The lowest BCUT2D eigenvalue weighted by Crippen LogP contribution is -2.31. The Morgan fingerprint density at radius 1 is 1.32 bits per heavy atom. The molecule has 0 aliphatic rings. The zero-order valence-corrected chi connectivity index (χ0v) is 12.2. The summed E-state index contributed by atoms with van der Waals surface area (Å²) in [6.45, 7) is 2.26. The number of halogens is 1. The summed E-state index contributed by atoms with van der Waals surface area (Å²) in [6, 6.07) is 7.92. The number of hydrogen-bond acceptors (Lipinski definition) is 4. The van der Waals surface area contributed by atoms with Gasteiger partial charge in [-0.1, -0.05) is 18.2 Å². The molecule has 0 aromatic heterocycles. The summed E-state index contributed by atoms with van der Waals surface area (Å²) in [4.78, 5) is 11.4. The number of carbonyl (C=O) groups excluding carboxylic acids is 1. The minimum absolute atomic E-state index is 0. The SMILES string of the molecule is CNCC(=O)NCc1ccccc1NCCOC.Cl. The Morgan fingerprint density at radius 2 is 2.05 bits per heavy atom. The highest BCUT2D eigenvalue weighted by Crippen LogP contribution is 2.14. The molecule has 1 aromatic carbocycles. The van der Waals surface area contributed by atoms with Gasteiger partial charge in [0.1, 0.15) is 0 Å².